The lowest BCUT2D eigenvalue weighted by Gasteiger charge is -2.33. The van der Waals surface area contributed by atoms with Gasteiger partial charge < -0.3 is 15.5 Å². The van der Waals surface area contributed by atoms with Crippen molar-refractivity contribution in [2.45, 2.75) is 25.7 Å². The van der Waals surface area contributed by atoms with Crippen LogP contribution in [0.15, 0.2) is 48.5 Å². The van der Waals surface area contributed by atoms with Crippen molar-refractivity contribution < 1.29 is 14.0 Å². The highest BCUT2D eigenvalue weighted by Gasteiger charge is 2.25. The van der Waals surface area contributed by atoms with Gasteiger partial charge in [-0.2, -0.15) is 0 Å². The standard InChI is InChI=1S/C21H24FN3O2/c1-2-23-21(27)25-12-6-9-17(14-25)15-7-5-8-16(13-15)20(26)24-19-11-4-3-10-18(19)22/h3-5,7-8,10-11,13,17H,2,6,9,12,14H2,1H3,(H,23,27)(H,24,26)/t17-/m1/s1. The van der Waals surface area contributed by atoms with E-state index in [1.165, 1.54) is 12.1 Å². The smallest absolute Gasteiger partial charge is 0.317 e. The van der Waals surface area contributed by atoms with Crippen LogP contribution in [0.3, 0.4) is 0 Å². The number of hydrogen-bond acceptors (Lipinski definition) is 2. The highest BCUT2D eigenvalue weighted by molar-refractivity contribution is 6.04. The number of carbonyl (C=O) groups is 2. The van der Waals surface area contributed by atoms with Gasteiger partial charge in [0.2, 0.25) is 0 Å². The molecule has 5 nitrogen and oxygen atoms in total. The lowest BCUT2D eigenvalue weighted by atomic mass is 9.89. The third-order valence-electron chi connectivity index (χ3n) is 4.78. The van der Waals surface area contributed by atoms with Crippen molar-refractivity contribution in [3.63, 3.8) is 0 Å². The molecule has 2 aromatic carbocycles. The number of hydrogen-bond donors (Lipinski definition) is 2. The molecule has 1 aliphatic heterocycles. The second-order valence-corrected chi connectivity index (χ2v) is 6.68. The summed E-state index contributed by atoms with van der Waals surface area (Å²) in [6, 6.07) is 13.4. The number of halogens is 1. The molecule has 0 bridgehead atoms. The molecule has 1 aliphatic rings. The van der Waals surface area contributed by atoms with Gasteiger partial charge in [0, 0.05) is 31.1 Å². The van der Waals surface area contributed by atoms with Crippen LogP contribution in [0.4, 0.5) is 14.9 Å². The molecular formula is C21H24FN3O2. The van der Waals surface area contributed by atoms with Crippen molar-refractivity contribution in [3.05, 3.63) is 65.5 Å². The lowest BCUT2D eigenvalue weighted by Crippen LogP contribution is -2.44. The summed E-state index contributed by atoms with van der Waals surface area (Å²) in [5.41, 5.74) is 1.66. The van der Waals surface area contributed by atoms with Crippen molar-refractivity contribution >= 4 is 17.6 Å². The van der Waals surface area contributed by atoms with Gasteiger partial charge in [0.1, 0.15) is 5.82 Å². The van der Waals surface area contributed by atoms with E-state index in [9.17, 15) is 14.0 Å². The first kappa shape index (κ1) is 18.9. The Morgan fingerprint density at radius 2 is 2.00 bits per heavy atom. The fourth-order valence-corrected chi connectivity index (χ4v) is 3.39. The lowest BCUT2D eigenvalue weighted by molar-refractivity contribution is 0.102. The molecule has 2 aromatic rings. The van der Waals surface area contributed by atoms with Gasteiger partial charge in [0.05, 0.1) is 5.69 Å². The van der Waals surface area contributed by atoms with Crippen LogP contribution in [0.2, 0.25) is 0 Å². The van der Waals surface area contributed by atoms with Crippen LogP contribution in [0, 0.1) is 5.82 Å². The summed E-state index contributed by atoms with van der Waals surface area (Å²) in [6.07, 6.45) is 1.89. The summed E-state index contributed by atoms with van der Waals surface area (Å²) in [6.45, 7) is 3.88. The molecule has 0 spiro atoms. The van der Waals surface area contributed by atoms with Gasteiger partial charge in [0.15, 0.2) is 0 Å². The Balaban J connectivity index is 1.72. The number of rotatable bonds is 4. The number of carbonyl (C=O) groups excluding carboxylic acids is 2. The number of para-hydroxylation sites is 1. The van der Waals surface area contributed by atoms with Crippen LogP contribution in [-0.4, -0.2) is 36.5 Å². The minimum absolute atomic E-state index is 0.0457. The highest BCUT2D eigenvalue weighted by atomic mass is 19.1. The van der Waals surface area contributed by atoms with Crippen LogP contribution >= 0.6 is 0 Å². The van der Waals surface area contributed by atoms with E-state index in [0.717, 1.165) is 24.9 Å². The molecular weight excluding hydrogens is 345 g/mol. The number of piperidine rings is 1. The maximum Gasteiger partial charge on any atom is 0.317 e. The summed E-state index contributed by atoms with van der Waals surface area (Å²) < 4.78 is 13.8. The number of urea groups is 1. The summed E-state index contributed by atoms with van der Waals surface area (Å²) in [5, 5.41) is 5.45. The minimum atomic E-state index is -0.466. The van der Waals surface area contributed by atoms with Crippen molar-refractivity contribution in [1.82, 2.24) is 10.2 Å². The predicted molar refractivity (Wildman–Crippen MR) is 103 cm³/mol. The number of likely N-dealkylation sites (tertiary alicyclic amines) is 1. The van der Waals surface area contributed by atoms with E-state index in [4.69, 9.17) is 0 Å². The summed E-state index contributed by atoms with van der Waals surface area (Å²) >= 11 is 0. The minimum Gasteiger partial charge on any atom is -0.338 e. The summed E-state index contributed by atoms with van der Waals surface area (Å²) in [4.78, 5) is 26.4. The molecule has 0 aliphatic carbocycles. The molecule has 142 valence electrons. The molecule has 0 unspecified atom stereocenters. The molecule has 2 N–H and O–H groups in total. The zero-order chi connectivity index (χ0) is 19.2. The van der Waals surface area contributed by atoms with Gasteiger partial charge >= 0.3 is 6.03 Å². The topological polar surface area (TPSA) is 61.4 Å². The molecule has 1 saturated heterocycles. The molecule has 27 heavy (non-hydrogen) atoms. The average molecular weight is 369 g/mol. The molecule has 0 radical (unpaired) electrons. The van der Waals surface area contributed by atoms with Gasteiger partial charge in [-0.3, -0.25) is 4.79 Å². The van der Waals surface area contributed by atoms with E-state index in [2.05, 4.69) is 10.6 Å². The molecule has 3 amide bonds. The van der Waals surface area contributed by atoms with Crippen molar-refractivity contribution in [2.75, 3.05) is 25.0 Å². The van der Waals surface area contributed by atoms with Gasteiger partial charge in [0.25, 0.3) is 5.91 Å². The quantitative estimate of drug-likeness (QED) is 0.856. The van der Waals surface area contributed by atoms with Crippen LogP contribution in [0.5, 0.6) is 0 Å². The van der Waals surface area contributed by atoms with Gasteiger partial charge in [-0.05, 0) is 49.6 Å². The maximum absolute atomic E-state index is 13.8. The SMILES string of the molecule is CCNC(=O)N1CCC[C@@H](c2cccc(C(=O)Nc3ccccc3F)c2)C1. The van der Waals surface area contributed by atoms with E-state index >= 15 is 0 Å². The van der Waals surface area contributed by atoms with Crippen LogP contribution in [-0.2, 0) is 0 Å². The first-order valence-corrected chi connectivity index (χ1v) is 9.27. The molecule has 1 atom stereocenters. The van der Waals surface area contributed by atoms with Crippen LogP contribution in [0.25, 0.3) is 0 Å². The van der Waals surface area contributed by atoms with Crippen molar-refractivity contribution in [2.24, 2.45) is 0 Å². The molecule has 1 fully saturated rings. The highest BCUT2D eigenvalue weighted by Crippen LogP contribution is 2.28. The van der Waals surface area contributed by atoms with Crippen molar-refractivity contribution in [1.29, 1.82) is 0 Å². The van der Waals surface area contributed by atoms with Gasteiger partial charge in [-0.25, -0.2) is 9.18 Å². The fraction of sp³-hybridized carbons (Fsp3) is 0.333. The maximum atomic E-state index is 13.8. The second kappa shape index (κ2) is 8.66. The molecule has 1 heterocycles. The number of nitrogens with zero attached hydrogens (tertiary/aromatic N) is 1. The third kappa shape index (κ3) is 4.64. The fourth-order valence-electron chi connectivity index (χ4n) is 3.39. The Morgan fingerprint density at radius 1 is 1.19 bits per heavy atom. The average Bonchev–Trinajstić information content (AvgIpc) is 2.70. The summed E-state index contributed by atoms with van der Waals surface area (Å²) in [5.74, 6) is -0.632. The van der Waals surface area contributed by atoms with Crippen LogP contribution < -0.4 is 10.6 Å². The third-order valence-corrected chi connectivity index (χ3v) is 4.78. The number of benzene rings is 2. The number of amides is 3. The normalized spacial score (nSPS) is 16.7. The Kier molecular flexibility index (Phi) is 6.06. The van der Waals surface area contributed by atoms with Gasteiger partial charge in [-0.1, -0.05) is 24.3 Å². The molecule has 0 saturated carbocycles. The number of nitrogens with one attached hydrogen (secondary N) is 2. The molecule has 6 heteroatoms. The van der Waals surface area contributed by atoms with Gasteiger partial charge in [-0.15, -0.1) is 0 Å². The second-order valence-electron chi connectivity index (χ2n) is 6.68. The first-order valence-electron chi connectivity index (χ1n) is 9.27. The Bertz CT molecular complexity index is 825. The zero-order valence-corrected chi connectivity index (χ0v) is 15.4. The summed E-state index contributed by atoms with van der Waals surface area (Å²) in [7, 11) is 0. The van der Waals surface area contributed by atoms with Crippen LogP contribution in [0.1, 0.15) is 41.6 Å². The molecule has 0 aromatic heterocycles. The predicted octanol–water partition coefficient (Wildman–Crippen LogP) is 3.99. The zero-order valence-electron chi connectivity index (χ0n) is 15.4. The Labute approximate surface area is 158 Å². The van der Waals surface area contributed by atoms with E-state index in [-0.39, 0.29) is 23.5 Å². The van der Waals surface area contributed by atoms with Crippen molar-refractivity contribution in [3.8, 4) is 0 Å². The Hall–Kier alpha value is -2.89. The Morgan fingerprint density at radius 3 is 2.78 bits per heavy atom. The van der Waals surface area contributed by atoms with E-state index in [1.54, 1.807) is 18.2 Å². The van der Waals surface area contributed by atoms with E-state index in [0.29, 0.717) is 18.7 Å². The molecule has 3 rings (SSSR count). The monoisotopic (exact) mass is 369 g/mol. The number of anilines is 1. The van der Waals surface area contributed by atoms with E-state index in [1.807, 2.05) is 30.0 Å². The largest absolute Gasteiger partial charge is 0.338 e. The van der Waals surface area contributed by atoms with E-state index < -0.39 is 5.82 Å². The first-order chi connectivity index (χ1) is 13.1.